The van der Waals surface area contributed by atoms with Crippen LogP contribution in [0.2, 0.25) is 0 Å². The van der Waals surface area contributed by atoms with Gasteiger partial charge >= 0.3 is 0 Å². The van der Waals surface area contributed by atoms with E-state index >= 15 is 0 Å². The fraction of sp³-hybridized carbons (Fsp3) is 0.588. The third kappa shape index (κ3) is 4.83. The third-order valence-electron chi connectivity index (χ3n) is 4.23. The Morgan fingerprint density at radius 3 is 2.71 bits per heavy atom. The maximum Gasteiger partial charge on any atom is 0.222 e. The molecule has 1 aliphatic heterocycles. The van der Waals surface area contributed by atoms with Gasteiger partial charge < -0.3 is 10.0 Å². The molecule has 1 saturated heterocycles. The summed E-state index contributed by atoms with van der Waals surface area (Å²) in [6, 6.07) is 10.7. The molecule has 1 amide bonds. The lowest BCUT2D eigenvalue weighted by Crippen LogP contribution is -2.40. The summed E-state index contributed by atoms with van der Waals surface area (Å²) in [5, 5.41) is 9.18. The van der Waals surface area contributed by atoms with Crippen LogP contribution in [0.3, 0.4) is 0 Å². The first-order chi connectivity index (χ1) is 10.2. The maximum atomic E-state index is 11.7. The number of hydrogen-bond donors (Lipinski definition) is 1. The number of aliphatic hydroxyl groups excluding tert-OH is 1. The number of nitrogens with zero attached hydrogens (tertiary/aromatic N) is 2. The molecular formula is C17H26N2O2. The van der Waals surface area contributed by atoms with Gasteiger partial charge in [0.2, 0.25) is 5.91 Å². The zero-order chi connectivity index (χ0) is 15.1. The van der Waals surface area contributed by atoms with Crippen molar-refractivity contribution < 1.29 is 9.90 Å². The predicted molar refractivity (Wildman–Crippen MR) is 83.8 cm³/mol. The summed E-state index contributed by atoms with van der Waals surface area (Å²) in [6.07, 6.45) is 2.45. The first-order valence-electron chi connectivity index (χ1n) is 7.87. The van der Waals surface area contributed by atoms with Crippen LogP contribution in [-0.2, 0) is 11.3 Å². The Balaban J connectivity index is 1.93. The molecule has 21 heavy (non-hydrogen) atoms. The second kappa shape index (κ2) is 8.15. The molecule has 0 saturated carbocycles. The van der Waals surface area contributed by atoms with Crippen LogP contribution in [-0.4, -0.2) is 53.1 Å². The first kappa shape index (κ1) is 16.0. The standard InChI is InChI=1S/C17H26N2O2/c1-15(9-13-20)19(14-16-6-3-2-4-7-16)12-11-18-10-5-8-17(18)21/h2-4,6-7,15,20H,5,8-14H2,1H3. The van der Waals surface area contributed by atoms with Crippen molar-refractivity contribution >= 4 is 5.91 Å². The maximum absolute atomic E-state index is 11.7. The molecule has 0 radical (unpaired) electrons. The molecule has 116 valence electrons. The van der Waals surface area contributed by atoms with E-state index in [1.807, 2.05) is 23.1 Å². The molecule has 1 aliphatic rings. The van der Waals surface area contributed by atoms with Crippen molar-refractivity contribution in [1.82, 2.24) is 9.80 Å². The average Bonchev–Trinajstić information content (AvgIpc) is 2.90. The van der Waals surface area contributed by atoms with Crippen LogP contribution in [0.4, 0.5) is 0 Å². The van der Waals surface area contributed by atoms with Crippen LogP contribution >= 0.6 is 0 Å². The number of rotatable bonds is 8. The lowest BCUT2D eigenvalue weighted by atomic mass is 10.1. The number of carbonyl (C=O) groups is 1. The van der Waals surface area contributed by atoms with E-state index in [-0.39, 0.29) is 12.5 Å². The lowest BCUT2D eigenvalue weighted by molar-refractivity contribution is -0.127. The Labute approximate surface area is 127 Å². The highest BCUT2D eigenvalue weighted by molar-refractivity contribution is 5.78. The largest absolute Gasteiger partial charge is 0.396 e. The predicted octanol–water partition coefficient (Wildman–Crippen LogP) is 1.88. The van der Waals surface area contributed by atoms with E-state index in [0.717, 1.165) is 39.0 Å². The van der Waals surface area contributed by atoms with Gasteiger partial charge in [-0.25, -0.2) is 0 Å². The SMILES string of the molecule is CC(CCO)N(CCN1CCCC1=O)Cc1ccccc1. The second-order valence-corrected chi connectivity index (χ2v) is 5.80. The van der Waals surface area contributed by atoms with E-state index in [1.165, 1.54) is 5.56 Å². The van der Waals surface area contributed by atoms with Gasteiger partial charge in [0, 0.05) is 45.2 Å². The van der Waals surface area contributed by atoms with E-state index in [9.17, 15) is 9.90 Å². The van der Waals surface area contributed by atoms with Gasteiger partial charge in [-0.3, -0.25) is 9.69 Å². The Kier molecular flexibility index (Phi) is 6.21. The Bertz CT molecular complexity index is 436. The summed E-state index contributed by atoms with van der Waals surface area (Å²) in [6.45, 7) is 5.76. The van der Waals surface area contributed by atoms with Gasteiger partial charge in [0.25, 0.3) is 0 Å². The summed E-state index contributed by atoms with van der Waals surface area (Å²) >= 11 is 0. The molecule has 4 nitrogen and oxygen atoms in total. The van der Waals surface area contributed by atoms with Crippen LogP contribution in [0.15, 0.2) is 30.3 Å². The Morgan fingerprint density at radius 2 is 2.10 bits per heavy atom. The molecule has 1 aromatic rings. The van der Waals surface area contributed by atoms with E-state index in [4.69, 9.17) is 0 Å². The molecule has 0 spiro atoms. The molecule has 0 bridgehead atoms. The van der Waals surface area contributed by atoms with Crippen molar-refractivity contribution in [3.05, 3.63) is 35.9 Å². The molecule has 0 aliphatic carbocycles. The number of carbonyl (C=O) groups excluding carboxylic acids is 1. The smallest absolute Gasteiger partial charge is 0.222 e. The van der Waals surface area contributed by atoms with Crippen molar-refractivity contribution in [3.8, 4) is 0 Å². The number of amides is 1. The van der Waals surface area contributed by atoms with Crippen molar-refractivity contribution in [2.45, 2.75) is 38.8 Å². The Morgan fingerprint density at radius 1 is 1.33 bits per heavy atom. The molecule has 4 heteroatoms. The minimum atomic E-state index is 0.203. The quantitative estimate of drug-likeness (QED) is 0.795. The molecule has 1 aromatic carbocycles. The third-order valence-corrected chi connectivity index (χ3v) is 4.23. The molecule has 0 aromatic heterocycles. The highest BCUT2D eigenvalue weighted by Gasteiger charge is 2.21. The molecule has 1 heterocycles. The molecule has 1 atom stereocenters. The summed E-state index contributed by atoms with van der Waals surface area (Å²) < 4.78 is 0. The van der Waals surface area contributed by atoms with Gasteiger partial charge in [-0.15, -0.1) is 0 Å². The van der Waals surface area contributed by atoms with Crippen LogP contribution < -0.4 is 0 Å². The summed E-state index contributed by atoms with van der Waals surface area (Å²) in [5.41, 5.74) is 1.27. The summed E-state index contributed by atoms with van der Waals surface area (Å²) in [5.74, 6) is 0.282. The Hall–Kier alpha value is -1.39. The number of hydrogen-bond acceptors (Lipinski definition) is 3. The molecular weight excluding hydrogens is 264 g/mol. The molecule has 1 N–H and O–H groups in total. The van der Waals surface area contributed by atoms with Crippen LogP contribution in [0.5, 0.6) is 0 Å². The van der Waals surface area contributed by atoms with Crippen LogP contribution in [0, 0.1) is 0 Å². The molecule has 1 unspecified atom stereocenters. The van der Waals surface area contributed by atoms with Crippen molar-refractivity contribution in [2.75, 3.05) is 26.2 Å². The summed E-state index contributed by atoms with van der Waals surface area (Å²) in [4.78, 5) is 16.0. The van der Waals surface area contributed by atoms with Crippen LogP contribution in [0.25, 0.3) is 0 Å². The normalized spacial score (nSPS) is 16.7. The van der Waals surface area contributed by atoms with E-state index in [1.54, 1.807) is 0 Å². The zero-order valence-corrected chi connectivity index (χ0v) is 12.9. The van der Waals surface area contributed by atoms with E-state index in [0.29, 0.717) is 12.5 Å². The van der Waals surface area contributed by atoms with Crippen molar-refractivity contribution in [2.24, 2.45) is 0 Å². The monoisotopic (exact) mass is 290 g/mol. The highest BCUT2D eigenvalue weighted by Crippen LogP contribution is 2.13. The first-order valence-corrected chi connectivity index (χ1v) is 7.87. The topological polar surface area (TPSA) is 43.8 Å². The second-order valence-electron chi connectivity index (χ2n) is 5.80. The van der Waals surface area contributed by atoms with Gasteiger partial charge in [0.1, 0.15) is 0 Å². The lowest BCUT2D eigenvalue weighted by Gasteiger charge is -2.30. The van der Waals surface area contributed by atoms with E-state index in [2.05, 4.69) is 24.0 Å². The fourth-order valence-electron chi connectivity index (χ4n) is 2.83. The van der Waals surface area contributed by atoms with Crippen molar-refractivity contribution in [3.63, 3.8) is 0 Å². The zero-order valence-electron chi connectivity index (χ0n) is 12.9. The van der Waals surface area contributed by atoms with Gasteiger partial charge in [0.15, 0.2) is 0 Å². The number of likely N-dealkylation sites (tertiary alicyclic amines) is 1. The minimum absolute atomic E-state index is 0.203. The number of benzene rings is 1. The van der Waals surface area contributed by atoms with E-state index < -0.39 is 0 Å². The van der Waals surface area contributed by atoms with Gasteiger partial charge in [-0.2, -0.15) is 0 Å². The number of aliphatic hydroxyl groups is 1. The summed E-state index contributed by atoms with van der Waals surface area (Å²) in [7, 11) is 0. The minimum Gasteiger partial charge on any atom is -0.396 e. The van der Waals surface area contributed by atoms with Gasteiger partial charge in [-0.1, -0.05) is 30.3 Å². The fourth-order valence-corrected chi connectivity index (χ4v) is 2.83. The average molecular weight is 290 g/mol. The van der Waals surface area contributed by atoms with Gasteiger partial charge in [0.05, 0.1) is 0 Å². The van der Waals surface area contributed by atoms with Gasteiger partial charge in [-0.05, 0) is 25.3 Å². The van der Waals surface area contributed by atoms with Crippen molar-refractivity contribution in [1.29, 1.82) is 0 Å². The van der Waals surface area contributed by atoms with Crippen LogP contribution in [0.1, 0.15) is 31.7 Å². The molecule has 2 rings (SSSR count). The highest BCUT2D eigenvalue weighted by atomic mass is 16.3. The molecule has 1 fully saturated rings.